The van der Waals surface area contributed by atoms with Crippen LogP contribution in [0.1, 0.15) is 12.5 Å². The Bertz CT molecular complexity index is 395. The highest BCUT2D eigenvalue weighted by Crippen LogP contribution is 2.13. The van der Waals surface area contributed by atoms with E-state index in [-0.39, 0.29) is 0 Å². The zero-order chi connectivity index (χ0) is 11.3. The van der Waals surface area contributed by atoms with E-state index in [1.54, 1.807) is 13.0 Å². The van der Waals surface area contributed by atoms with Gasteiger partial charge in [-0.05, 0) is 30.7 Å². The van der Waals surface area contributed by atoms with Crippen LogP contribution in [0, 0.1) is 0 Å². The first-order chi connectivity index (χ1) is 7.13. The van der Waals surface area contributed by atoms with E-state index in [9.17, 15) is 4.79 Å². The molecule has 0 amide bonds. The summed E-state index contributed by atoms with van der Waals surface area (Å²) in [6, 6.07) is 8.12. The predicted octanol–water partition coefficient (Wildman–Crippen LogP) is 2.54. The number of allylic oxidation sites excluding steroid dienone is 2. The normalized spacial score (nSPS) is 10.1. The molecule has 0 unspecified atom stereocenters. The summed E-state index contributed by atoms with van der Waals surface area (Å²) in [5, 5.41) is 0. The monoisotopic (exact) mass is 201 g/mol. The number of nitrogens with zero attached hydrogens (tertiary/aromatic N) is 1. The molecule has 0 heterocycles. The van der Waals surface area contributed by atoms with E-state index in [0.29, 0.717) is 5.57 Å². The number of hydrogen-bond donors (Lipinski definition) is 0. The van der Waals surface area contributed by atoms with Gasteiger partial charge < -0.3 is 4.90 Å². The lowest BCUT2D eigenvalue weighted by molar-refractivity contribution is 0.567. The van der Waals surface area contributed by atoms with Crippen LogP contribution < -0.4 is 4.90 Å². The Morgan fingerprint density at radius 1 is 1.27 bits per heavy atom. The van der Waals surface area contributed by atoms with Gasteiger partial charge in [0.05, 0.1) is 0 Å². The van der Waals surface area contributed by atoms with Gasteiger partial charge in [0, 0.05) is 25.4 Å². The molecule has 0 aliphatic rings. The Hall–Kier alpha value is -1.79. The molecule has 0 radical (unpaired) electrons. The third-order valence-corrected chi connectivity index (χ3v) is 2.10. The van der Waals surface area contributed by atoms with Crippen LogP contribution in [0.15, 0.2) is 35.9 Å². The molecule has 0 aliphatic heterocycles. The fourth-order valence-corrected chi connectivity index (χ4v) is 1.14. The second kappa shape index (κ2) is 5.18. The molecule has 0 aliphatic carbocycles. The van der Waals surface area contributed by atoms with Crippen LogP contribution in [0.5, 0.6) is 0 Å². The Morgan fingerprint density at radius 2 is 1.87 bits per heavy atom. The fourth-order valence-electron chi connectivity index (χ4n) is 1.14. The van der Waals surface area contributed by atoms with Crippen molar-refractivity contribution < 1.29 is 4.79 Å². The van der Waals surface area contributed by atoms with Gasteiger partial charge in [-0.1, -0.05) is 18.2 Å². The van der Waals surface area contributed by atoms with Gasteiger partial charge in [0.15, 0.2) is 0 Å². The molecule has 1 aromatic carbocycles. The Labute approximate surface area is 90.5 Å². The number of hydrogen-bond acceptors (Lipinski definition) is 2. The number of benzene rings is 1. The van der Waals surface area contributed by atoms with Crippen molar-refractivity contribution in [1.29, 1.82) is 0 Å². The number of anilines is 1. The SMILES string of the molecule is CC(=C=O)/C=C/c1ccc(N(C)C)cc1. The standard InChI is InChI=1S/C13H15NO/c1-11(10-15)4-5-12-6-8-13(9-7-12)14(2)3/h4-9H,1-3H3/b5-4+. The van der Waals surface area contributed by atoms with Gasteiger partial charge in [-0.2, -0.15) is 0 Å². The summed E-state index contributed by atoms with van der Waals surface area (Å²) < 4.78 is 0. The van der Waals surface area contributed by atoms with Gasteiger partial charge in [0.25, 0.3) is 0 Å². The van der Waals surface area contributed by atoms with E-state index in [1.165, 1.54) is 0 Å². The molecule has 0 spiro atoms. The second-order valence-corrected chi connectivity index (χ2v) is 3.60. The fraction of sp³-hybridized carbons (Fsp3) is 0.231. The van der Waals surface area contributed by atoms with Crippen LogP contribution in [-0.2, 0) is 4.79 Å². The molecule has 0 saturated heterocycles. The lowest BCUT2D eigenvalue weighted by atomic mass is 10.1. The summed E-state index contributed by atoms with van der Waals surface area (Å²) in [4.78, 5) is 12.3. The predicted molar refractivity (Wildman–Crippen MR) is 64.7 cm³/mol. The van der Waals surface area contributed by atoms with E-state index in [4.69, 9.17) is 0 Å². The molecule has 0 fully saturated rings. The van der Waals surface area contributed by atoms with Crippen molar-refractivity contribution in [2.45, 2.75) is 6.92 Å². The average molecular weight is 201 g/mol. The molecular formula is C13H15NO. The Kier molecular flexibility index (Phi) is 3.90. The summed E-state index contributed by atoms with van der Waals surface area (Å²) in [6.07, 6.45) is 3.66. The summed E-state index contributed by atoms with van der Waals surface area (Å²) >= 11 is 0. The topological polar surface area (TPSA) is 20.3 Å². The molecule has 2 nitrogen and oxygen atoms in total. The van der Waals surface area contributed by atoms with Crippen LogP contribution in [0.25, 0.3) is 6.08 Å². The first-order valence-corrected chi connectivity index (χ1v) is 4.80. The summed E-state index contributed by atoms with van der Waals surface area (Å²) in [5.41, 5.74) is 2.84. The summed E-state index contributed by atoms with van der Waals surface area (Å²) in [7, 11) is 4.01. The van der Waals surface area contributed by atoms with Crippen molar-refractivity contribution in [3.05, 3.63) is 41.5 Å². The van der Waals surface area contributed by atoms with E-state index < -0.39 is 0 Å². The molecule has 0 saturated carbocycles. The van der Waals surface area contributed by atoms with Gasteiger partial charge in [-0.3, -0.25) is 0 Å². The minimum atomic E-state index is 0.603. The zero-order valence-electron chi connectivity index (χ0n) is 9.32. The van der Waals surface area contributed by atoms with Crippen molar-refractivity contribution in [3.63, 3.8) is 0 Å². The van der Waals surface area contributed by atoms with Crippen molar-refractivity contribution in [2.24, 2.45) is 0 Å². The molecule has 0 bridgehead atoms. The average Bonchev–Trinajstić information content (AvgIpc) is 2.26. The third-order valence-electron chi connectivity index (χ3n) is 2.10. The van der Waals surface area contributed by atoms with Crippen molar-refractivity contribution >= 4 is 17.7 Å². The van der Waals surface area contributed by atoms with Crippen LogP contribution in [0.3, 0.4) is 0 Å². The Morgan fingerprint density at radius 3 is 2.33 bits per heavy atom. The minimum Gasteiger partial charge on any atom is -0.378 e. The van der Waals surface area contributed by atoms with Gasteiger partial charge in [0.2, 0.25) is 0 Å². The molecule has 0 N–H and O–H groups in total. The molecule has 78 valence electrons. The van der Waals surface area contributed by atoms with Gasteiger partial charge in [-0.15, -0.1) is 0 Å². The van der Waals surface area contributed by atoms with Crippen LogP contribution in [0.4, 0.5) is 5.69 Å². The van der Waals surface area contributed by atoms with Crippen LogP contribution in [-0.4, -0.2) is 20.0 Å². The number of carbonyl (C=O) groups excluding carboxylic acids is 1. The maximum Gasteiger partial charge on any atom is 0.127 e. The van der Waals surface area contributed by atoms with Gasteiger partial charge in [-0.25, -0.2) is 4.79 Å². The van der Waals surface area contributed by atoms with Crippen molar-refractivity contribution in [1.82, 2.24) is 0 Å². The maximum atomic E-state index is 10.2. The first kappa shape index (κ1) is 11.3. The quantitative estimate of drug-likeness (QED) is 0.553. The lowest BCUT2D eigenvalue weighted by Crippen LogP contribution is -2.07. The smallest absolute Gasteiger partial charge is 0.127 e. The van der Waals surface area contributed by atoms with E-state index in [1.807, 2.05) is 55.3 Å². The third kappa shape index (κ3) is 3.45. The molecule has 0 atom stereocenters. The largest absolute Gasteiger partial charge is 0.378 e. The molecule has 0 aromatic heterocycles. The first-order valence-electron chi connectivity index (χ1n) is 4.80. The van der Waals surface area contributed by atoms with E-state index >= 15 is 0 Å². The molecule has 2 heteroatoms. The minimum absolute atomic E-state index is 0.603. The summed E-state index contributed by atoms with van der Waals surface area (Å²) in [5.74, 6) is 1.84. The lowest BCUT2D eigenvalue weighted by Gasteiger charge is -2.11. The summed E-state index contributed by atoms with van der Waals surface area (Å²) in [6.45, 7) is 1.73. The molecule has 15 heavy (non-hydrogen) atoms. The zero-order valence-corrected chi connectivity index (χ0v) is 9.32. The van der Waals surface area contributed by atoms with Gasteiger partial charge >= 0.3 is 0 Å². The highest BCUT2D eigenvalue weighted by Gasteiger charge is 1.93. The molecule has 1 rings (SSSR count). The number of rotatable bonds is 3. The highest BCUT2D eigenvalue weighted by molar-refractivity contribution is 5.63. The highest BCUT2D eigenvalue weighted by atomic mass is 16.1. The van der Waals surface area contributed by atoms with Crippen LogP contribution in [0.2, 0.25) is 0 Å². The van der Waals surface area contributed by atoms with Gasteiger partial charge in [0.1, 0.15) is 5.94 Å². The van der Waals surface area contributed by atoms with Crippen molar-refractivity contribution in [2.75, 3.05) is 19.0 Å². The Balaban J connectivity index is 2.81. The van der Waals surface area contributed by atoms with E-state index in [0.717, 1.165) is 11.3 Å². The van der Waals surface area contributed by atoms with Crippen LogP contribution >= 0.6 is 0 Å². The molecular weight excluding hydrogens is 186 g/mol. The maximum absolute atomic E-state index is 10.2. The van der Waals surface area contributed by atoms with E-state index in [2.05, 4.69) is 0 Å². The molecule has 1 aromatic rings. The van der Waals surface area contributed by atoms with Crippen molar-refractivity contribution in [3.8, 4) is 0 Å². The second-order valence-electron chi connectivity index (χ2n) is 3.60.